The Bertz CT molecular complexity index is 244. The van der Waals surface area contributed by atoms with E-state index in [0.29, 0.717) is 0 Å². The van der Waals surface area contributed by atoms with E-state index in [0.717, 1.165) is 12.2 Å². The summed E-state index contributed by atoms with van der Waals surface area (Å²) < 4.78 is 5.32. The summed E-state index contributed by atoms with van der Waals surface area (Å²) in [7, 11) is 0. The number of hydrogen-bond acceptors (Lipinski definition) is 1. The molecule has 0 aliphatic heterocycles. The normalized spacial score (nSPS) is 10.3. The van der Waals surface area contributed by atoms with Crippen molar-refractivity contribution >= 4 is 29.6 Å². The largest absolute Gasteiger partial charge is 0.469 e. The monoisotopic (exact) mass is 259 g/mol. The summed E-state index contributed by atoms with van der Waals surface area (Å²) in [5, 5.41) is 0. The Hall–Kier alpha value is 0.280. The molecule has 0 saturated heterocycles. The Morgan fingerprint density at radius 2 is 1.39 bits per heavy atom. The van der Waals surface area contributed by atoms with Crippen molar-refractivity contribution < 1.29 is 4.42 Å². The van der Waals surface area contributed by atoms with E-state index < -0.39 is 0 Å². The second kappa shape index (κ2) is 13.7. The topological polar surface area (TPSA) is 13.1 Å². The van der Waals surface area contributed by atoms with Crippen molar-refractivity contribution in [2.24, 2.45) is 0 Å². The average molecular weight is 259 g/mol. The summed E-state index contributed by atoms with van der Waals surface area (Å²) in [4.78, 5) is 0. The molecule has 1 radical (unpaired) electrons. The molecule has 0 amide bonds. The molecular formula is C16H28NaO. The van der Waals surface area contributed by atoms with E-state index in [-0.39, 0.29) is 29.6 Å². The van der Waals surface area contributed by atoms with Gasteiger partial charge in [-0.05, 0) is 18.6 Å². The van der Waals surface area contributed by atoms with Gasteiger partial charge in [0, 0.05) is 36.0 Å². The predicted molar refractivity (Wildman–Crippen MR) is 80.0 cm³/mol. The van der Waals surface area contributed by atoms with Crippen LogP contribution >= 0.6 is 0 Å². The van der Waals surface area contributed by atoms with E-state index in [9.17, 15) is 0 Å². The van der Waals surface area contributed by atoms with E-state index in [1.165, 1.54) is 64.2 Å². The third kappa shape index (κ3) is 10.2. The first-order valence-corrected chi connectivity index (χ1v) is 7.46. The Balaban J connectivity index is 0.00000289. The minimum absolute atomic E-state index is 0. The van der Waals surface area contributed by atoms with E-state index in [1.54, 1.807) is 6.26 Å². The van der Waals surface area contributed by atoms with Crippen molar-refractivity contribution in [2.45, 2.75) is 77.6 Å². The van der Waals surface area contributed by atoms with Gasteiger partial charge in [-0.1, -0.05) is 64.7 Å². The smallest absolute Gasteiger partial charge is 0.103 e. The molecule has 0 saturated carbocycles. The van der Waals surface area contributed by atoms with Crippen molar-refractivity contribution in [3.63, 3.8) is 0 Å². The molecule has 0 unspecified atom stereocenters. The zero-order valence-electron chi connectivity index (χ0n) is 12.4. The third-order valence-corrected chi connectivity index (χ3v) is 3.36. The van der Waals surface area contributed by atoms with Gasteiger partial charge in [-0.15, -0.1) is 0 Å². The second-order valence-corrected chi connectivity index (χ2v) is 5.01. The zero-order chi connectivity index (χ0) is 12.2. The van der Waals surface area contributed by atoms with Crippen molar-refractivity contribution in [2.75, 3.05) is 0 Å². The SMILES string of the molecule is CCCCCCCCCCCCc1ccco1.[Na]. The maximum atomic E-state index is 5.32. The van der Waals surface area contributed by atoms with Gasteiger partial charge in [0.2, 0.25) is 0 Å². The Labute approximate surface area is 135 Å². The third-order valence-electron chi connectivity index (χ3n) is 3.36. The fourth-order valence-corrected chi connectivity index (χ4v) is 2.24. The van der Waals surface area contributed by atoms with Crippen molar-refractivity contribution in [1.29, 1.82) is 0 Å². The minimum Gasteiger partial charge on any atom is -0.469 e. The van der Waals surface area contributed by atoms with E-state index in [2.05, 4.69) is 13.0 Å². The fraction of sp³-hybridized carbons (Fsp3) is 0.750. The van der Waals surface area contributed by atoms with Crippen LogP contribution in [0.3, 0.4) is 0 Å². The van der Waals surface area contributed by atoms with Crippen LogP contribution in [0.15, 0.2) is 22.8 Å². The molecule has 99 valence electrons. The maximum absolute atomic E-state index is 5.32. The van der Waals surface area contributed by atoms with Gasteiger partial charge in [0.25, 0.3) is 0 Å². The molecule has 0 aliphatic carbocycles. The summed E-state index contributed by atoms with van der Waals surface area (Å²) in [5.74, 6) is 1.14. The summed E-state index contributed by atoms with van der Waals surface area (Å²) >= 11 is 0. The molecule has 0 spiro atoms. The van der Waals surface area contributed by atoms with E-state index >= 15 is 0 Å². The number of rotatable bonds is 11. The summed E-state index contributed by atoms with van der Waals surface area (Å²) in [6.45, 7) is 2.28. The van der Waals surface area contributed by atoms with Crippen LogP contribution in [0.25, 0.3) is 0 Å². The summed E-state index contributed by atoms with van der Waals surface area (Å²) in [6, 6.07) is 4.05. The Morgan fingerprint density at radius 3 is 1.89 bits per heavy atom. The molecule has 0 fully saturated rings. The molecule has 1 nitrogen and oxygen atoms in total. The number of unbranched alkanes of at least 4 members (excludes halogenated alkanes) is 9. The molecule has 2 heteroatoms. The van der Waals surface area contributed by atoms with E-state index in [4.69, 9.17) is 4.42 Å². The zero-order valence-corrected chi connectivity index (χ0v) is 14.4. The standard InChI is InChI=1S/C16H28O.Na/c1-2-3-4-5-6-7-8-9-10-11-13-16-14-12-15-17-16;/h12,14-15H,2-11,13H2,1H3;. The Kier molecular flexibility index (Phi) is 13.9. The van der Waals surface area contributed by atoms with Crippen LogP contribution in [0.2, 0.25) is 0 Å². The molecule has 0 N–H and O–H groups in total. The van der Waals surface area contributed by atoms with E-state index in [1.807, 2.05) is 6.07 Å². The maximum Gasteiger partial charge on any atom is 0.103 e. The molecule has 0 aliphatic rings. The van der Waals surface area contributed by atoms with Gasteiger partial charge < -0.3 is 4.42 Å². The van der Waals surface area contributed by atoms with Gasteiger partial charge in [0.15, 0.2) is 0 Å². The summed E-state index contributed by atoms with van der Waals surface area (Å²) in [5.41, 5.74) is 0. The van der Waals surface area contributed by atoms with Gasteiger partial charge in [-0.3, -0.25) is 0 Å². The van der Waals surface area contributed by atoms with Gasteiger partial charge in [0.1, 0.15) is 5.76 Å². The molecule has 1 aromatic heterocycles. The van der Waals surface area contributed by atoms with Crippen LogP contribution in [-0.4, -0.2) is 29.6 Å². The van der Waals surface area contributed by atoms with Crippen LogP contribution in [0.5, 0.6) is 0 Å². The molecule has 0 aromatic carbocycles. The quantitative estimate of drug-likeness (QED) is 0.385. The molecule has 18 heavy (non-hydrogen) atoms. The van der Waals surface area contributed by atoms with Crippen LogP contribution in [0.4, 0.5) is 0 Å². The van der Waals surface area contributed by atoms with Crippen molar-refractivity contribution in [3.05, 3.63) is 24.2 Å². The van der Waals surface area contributed by atoms with Crippen LogP contribution < -0.4 is 0 Å². The van der Waals surface area contributed by atoms with Crippen LogP contribution in [0.1, 0.15) is 76.9 Å². The van der Waals surface area contributed by atoms with Crippen LogP contribution in [-0.2, 0) is 6.42 Å². The first-order valence-electron chi connectivity index (χ1n) is 7.46. The van der Waals surface area contributed by atoms with Gasteiger partial charge >= 0.3 is 0 Å². The molecule has 0 bridgehead atoms. The van der Waals surface area contributed by atoms with Crippen molar-refractivity contribution in [1.82, 2.24) is 0 Å². The van der Waals surface area contributed by atoms with Gasteiger partial charge in [-0.25, -0.2) is 0 Å². The van der Waals surface area contributed by atoms with Gasteiger partial charge in [0.05, 0.1) is 6.26 Å². The minimum atomic E-state index is 0. The molecule has 1 aromatic rings. The molecular weight excluding hydrogens is 231 g/mol. The predicted octanol–water partition coefficient (Wildman–Crippen LogP) is 5.36. The molecule has 1 heterocycles. The fourth-order valence-electron chi connectivity index (χ4n) is 2.24. The molecule has 1 rings (SSSR count). The summed E-state index contributed by atoms with van der Waals surface area (Å²) in [6.07, 6.45) is 16.9. The number of furan rings is 1. The van der Waals surface area contributed by atoms with Crippen molar-refractivity contribution in [3.8, 4) is 0 Å². The van der Waals surface area contributed by atoms with Gasteiger partial charge in [-0.2, -0.15) is 0 Å². The van der Waals surface area contributed by atoms with Crippen LogP contribution in [0, 0.1) is 0 Å². The number of aryl methyl sites for hydroxylation is 1. The first kappa shape index (κ1) is 18.3. The molecule has 0 atom stereocenters. The average Bonchev–Trinajstić information content (AvgIpc) is 2.85. The first-order chi connectivity index (χ1) is 8.43. The number of hydrogen-bond donors (Lipinski definition) is 0. The Morgan fingerprint density at radius 1 is 0.833 bits per heavy atom. The second-order valence-electron chi connectivity index (χ2n) is 5.01.